The van der Waals surface area contributed by atoms with Gasteiger partial charge >= 0.3 is 0 Å². The van der Waals surface area contributed by atoms with Gasteiger partial charge in [0, 0.05) is 29.7 Å². The molecule has 0 amide bonds. The van der Waals surface area contributed by atoms with Crippen LogP contribution in [0.3, 0.4) is 0 Å². The molecule has 0 unspecified atom stereocenters. The van der Waals surface area contributed by atoms with Crippen molar-refractivity contribution in [1.29, 1.82) is 0 Å². The lowest BCUT2D eigenvalue weighted by Gasteiger charge is -2.29. The van der Waals surface area contributed by atoms with Gasteiger partial charge in [0.25, 0.3) is 0 Å². The second-order valence-electron chi connectivity index (χ2n) is 3.90. The van der Waals surface area contributed by atoms with Crippen molar-refractivity contribution >= 4 is 11.3 Å². The highest BCUT2D eigenvalue weighted by Gasteiger charge is 2.20. The molecule has 14 heavy (non-hydrogen) atoms. The summed E-state index contributed by atoms with van der Waals surface area (Å²) in [5, 5.41) is 3.52. The number of nitrogens with two attached hydrogens (primary N) is 1. The van der Waals surface area contributed by atoms with Gasteiger partial charge < -0.3 is 11.1 Å². The third-order valence-electron chi connectivity index (χ3n) is 2.84. The molecule has 3 nitrogen and oxygen atoms in total. The van der Waals surface area contributed by atoms with Gasteiger partial charge in [-0.3, -0.25) is 4.98 Å². The minimum Gasteiger partial charge on any atom is -0.326 e. The molecule has 1 aliphatic carbocycles. The summed E-state index contributed by atoms with van der Waals surface area (Å²) in [5.41, 5.74) is 7.92. The summed E-state index contributed by atoms with van der Waals surface area (Å²) < 4.78 is 0. The minimum atomic E-state index is 0.344. The van der Waals surface area contributed by atoms with E-state index in [9.17, 15) is 0 Å². The standard InChI is InChI=1S/C10H17N3S/c11-9-3-1-2-4-10(9)13-6-8-5-12-7-14-8/h5,7,9-10,13H,1-4,6,11H2/t9-,10+/m0/s1. The summed E-state index contributed by atoms with van der Waals surface area (Å²) in [6.45, 7) is 0.920. The van der Waals surface area contributed by atoms with Crippen LogP contribution in [0.5, 0.6) is 0 Å². The van der Waals surface area contributed by atoms with Crippen LogP contribution in [0.2, 0.25) is 0 Å². The summed E-state index contributed by atoms with van der Waals surface area (Å²) >= 11 is 1.70. The summed E-state index contributed by atoms with van der Waals surface area (Å²) in [5.74, 6) is 0. The zero-order valence-electron chi connectivity index (χ0n) is 8.28. The molecule has 0 spiro atoms. The van der Waals surface area contributed by atoms with Crippen molar-refractivity contribution in [3.63, 3.8) is 0 Å². The van der Waals surface area contributed by atoms with Crippen LogP contribution in [0.1, 0.15) is 30.6 Å². The Hall–Kier alpha value is -0.450. The molecule has 2 atom stereocenters. The van der Waals surface area contributed by atoms with E-state index in [0.717, 1.165) is 6.54 Å². The van der Waals surface area contributed by atoms with Crippen LogP contribution in [0.15, 0.2) is 11.7 Å². The lowest BCUT2D eigenvalue weighted by molar-refractivity contribution is 0.327. The molecule has 0 saturated heterocycles. The molecule has 0 aromatic carbocycles. The van der Waals surface area contributed by atoms with Gasteiger partial charge in [0.05, 0.1) is 5.51 Å². The molecule has 0 bridgehead atoms. The Labute approximate surface area is 88.7 Å². The predicted molar refractivity (Wildman–Crippen MR) is 59.2 cm³/mol. The highest BCUT2D eigenvalue weighted by Crippen LogP contribution is 2.17. The van der Waals surface area contributed by atoms with E-state index in [1.54, 1.807) is 11.3 Å². The van der Waals surface area contributed by atoms with Gasteiger partial charge in [0.2, 0.25) is 0 Å². The van der Waals surface area contributed by atoms with Crippen LogP contribution in [0.4, 0.5) is 0 Å². The quantitative estimate of drug-likeness (QED) is 0.796. The Balaban J connectivity index is 1.79. The van der Waals surface area contributed by atoms with Gasteiger partial charge in [-0.2, -0.15) is 0 Å². The third-order valence-corrected chi connectivity index (χ3v) is 3.62. The van der Waals surface area contributed by atoms with Gasteiger partial charge in [0.1, 0.15) is 0 Å². The van der Waals surface area contributed by atoms with Crippen LogP contribution in [0, 0.1) is 0 Å². The third kappa shape index (κ3) is 2.53. The summed E-state index contributed by atoms with van der Waals surface area (Å²) in [7, 11) is 0. The fourth-order valence-corrected chi connectivity index (χ4v) is 2.52. The summed E-state index contributed by atoms with van der Waals surface area (Å²) in [6.07, 6.45) is 6.92. The maximum atomic E-state index is 6.04. The van der Waals surface area contributed by atoms with Gasteiger partial charge in [-0.05, 0) is 12.8 Å². The van der Waals surface area contributed by atoms with E-state index in [1.807, 2.05) is 11.7 Å². The second-order valence-corrected chi connectivity index (χ2v) is 4.87. The topological polar surface area (TPSA) is 50.9 Å². The van der Waals surface area contributed by atoms with E-state index in [1.165, 1.54) is 30.6 Å². The largest absolute Gasteiger partial charge is 0.326 e. The van der Waals surface area contributed by atoms with Crippen LogP contribution in [-0.2, 0) is 6.54 Å². The van der Waals surface area contributed by atoms with Crippen LogP contribution >= 0.6 is 11.3 Å². The maximum Gasteiger partial charge on any atom is 0.0794 e. The van der Waals surface area contributed by atoms with Crippen molar-refractivity contribution in [2.45, 2.75) is 44.3 Å². The number of thiazole rings is 1. The molecule has 1 aromatic rings. The molecule has 2 rings (SSSR count). The zero-order chi connectivity index (χ0) is 9.80. The first-order chi connectivity index (χ1) is 6.86. The fraction of sp³-hybridized carbons (Fsp3) is 0.700. The number of hydrogen-bond donors (Lipinski definition) is 2. The molecule has 1 aliphatic rings. The summed E-state index contributed by atoms with van der Waals surface area (Å²) in [4.78, 5) is 5.35. The Morgan fingerprint density at radius 2 is 2.36 bits per heavy atom. The average Bonchev–Trinajstić information content (AvgIpc) is 2.69. The highest BCUT2D eigenvalue weighted by molar-refractivity contribution is 7.09. The number of nitrogens with zero attached hydrogens (tertiary/aromatic N) is 1. The Bertz CT molecular complexity index is 260. The molecule has 0 radical (unpaired) electrons. The predicted octanol–water partition coefficient (Wildman–Crippen LogP) is 1.50. The second kappa shape index (κ2) is 4.87. The monoisotopic (exact) mass is 211 g/mol. The molecule has 0 aliphatic heterocycles. The van der Waals surface area contributed by atoms with Crippen LogP contribution < -0.4 is 11.1 Å². The van der Waals surface area contributed by atoms with E-state index < -0.39 is 0 Å². The van der Waals surface area contributed by atoms with E-state index >= 15 is 0 Å². The fourth-order valence-electron chi connectivity index (χ4n) is 1.97. The van der Waals surface area contributed by atoms with E-state index in [-0.39, 0.29) is 0 Å². The SMILES string of the molecule is N[C@H]1CCCC[C@H]1NCc1cncs1. The highest BCUT2D eigenvalue weighted by atomic mass is 32.1. The molecule has 3 N–H and O–H groups in total. The number of rotatable bonds is 3. The van der Waals surface area contributed by atoms with Gasteiger partial charge in [-0.15, -0.1) is 11.3 Å². The van der Waals surface area contributed by atoms with E-state index in [0.29, 0.717) is 12.1 Å². The Morgan fingerprint density at radius 3 is 3.07 bits per heavy atom. The zero-order valence-corrected chi connectivity index (χ0v) is 9.09. The lowest BCUT2D eigenvalue weighted by Crippen LogP contribution is -2.46. The first-order valence-corrected chi connectivity index (χ1v) is 6.10. The Morgan fingerprint density at radius 1 is 1.50 bits per heavy atom. The molecule has 1 aromatic heterocycles. The molecule has 1 fully saturated rings. The number of aromatic nitrogens is 1. The van der Waals surface area contributed by atoms with Crippen LogP contribution in [-0.4, -0.2) is 17.1 Å². The lowest BCUT2D eigenvalue weighted by atomic mass is 9.91. The van der Waals surface area contributed by atoms with Gasteiger partial charge in [-0.25, -0.2) is 0 Å². The first kappa shape index (κ1) is 10.1. The van der Waals surface area contributed by atoms with Crippen molar-refractivity contribution in [2.75, 3.05) is 0 Å². The molecular weight excluding hydrogens is 194 g/mol. The van der Waals surface area contributed by atoms with Crippen molar-refractivity contribution in [3.05, 3.63) is 16.6 Å². The number of nitrogens with one attached hydrogen (secondary N) is 1. The molecule has 4 heteroatoms. The molecule has 1 saturated carbocycles. The van der Waals surface area contributed by atoms with Crippen molar-refractivity contribution < 1.29 is 0 Å². The van der Waals surface area contributed by atoms with Crippen molar-refractivity contribution in [1.82, 2.24) is 10.3 Å². The van der Waals surface area contributed by atoms with Crippen molar-refractivity contribution in [2.24, 2.45) is 5.73 Å². The summed E-state index contributed by atoms with van der Waals surface area (Å²) in [6, 6.07) is 0.850. The van der Waals surface area contributed by atoms with Crippen LogP contribution in [0.25, 0.3) is 0 Å². The van der Waals surface area contributed by atoms with E-state index in [2.05, 4.69) is 10.3 Å². The molecule has 1 heterocycles. The normalized spacial score (nSPS) is 27.8. The average molecular weight is 211 g/mol. The van der Waals surface area contributed by atoms with E-state index in [4.69, 9.17) is 5.73 Å². The van der Waals surface area contributed by atoms with Gasteiger partial charge in [-0.1, -0.05) is 12.8 Å². The molecular formula is C10H17N3S. The number of hydrogen-bond acceptors (Lipinski definition) is 4. The smallest absolute Gasteiger partial charge is 0.0794 e. The maximum absolute atomic E-state index is 6.04. The molecule has 78 valence electrons. The van der Waals surface area contributed by atoms with Gasteiger partial charge in [0.15, 0.2) is 0 Å². The van der Waals surface area contributed by atoms with Crippen molar-refractivity contribution in [3.8, 4) is 0 Å². The minimum absolute atomic E-state index is 0.344. The first-order valence-electron chi connectivity index (χ1n) is 5.22. The Kier molecular flexibility index (Phi) is 3.50.